The van der Waals surface area contributed by atoms with E-state index in [4.69, 9.17) is 16.3 Å². The van der Waals surface area contributed by atoms with Crippen LogP contribution in [0.3, 0.4) is 0 Å². The van der Waals surface area contributed by atoms with Gasteiger partial charge in [0.05, 0.1) is 16.4 Å². The average Bonchev–Trinajstić information content (AvgIpc) is 3.21. The Balaban J connectivity index is 1.51. The van der Waals surface area contributed by atoms with Crippen molar-refractivity contribution < 1.29 is 17.9 Å². The number of rotatable bonds is 8. The maximum Gasteiger partial charge on any atom is 0.263 e. The van der Waals surface area contributed by atoms with Gasteiger partial charge in [0.2, 0.25) is 0 Å². The first kappa shape index (κ1) is 22.3. The van der Waals surface area contributed by atoms with E-state index < -0.39 is 9.84 Å². The van der Waals surface area contributed by atoms with Crippen molar-refractivity contribution in [3.63, 3.8) is 0 Å². The highest BCUT2D eigenvalue weighted by atomic mass is 35.5. The number of hydrogen-bond donors (Lipinski definition) is 0. The van der Waals surface area contributed by atoms with Crippen LogP contribution in [-0.2, 0) is 9.84 Å². The Bertz CT molecular complexity index is 1120. The Kier molecular flexibility index (Phi) is 7.18. The molecule has 1 heterocycles. The van der Waals surface area contributed by atoms with Gasteiger partial charge in [-0.2, -0.15) is 0 Å². The predicted octanol–water partition coefficient (Wildman–Crippen LogP) is 5.01. The standard InChI is InChI=1S/C22H22ClNO4S2/c1-24(13-4-14-28-18-5-3-6-19(15-18)30(2,26)27)22(25)21-12-11-20(29-21)16-7-9-17(23)10-8-16/h3,5-12,15H,4,13-14H2,1-2H3. The van der Waals surface area contributed by atoms with Crippen LogP contribution in [0, 0.1) is 0 Å². The van der Waals surface area contributed by atoms with Crippen LogP contribution >= 0.6 is 22.9 Å². The Morgan fingerprint density at radius 1 is 1.10 bits per heavy atom. The van der Waals surface area contributed by atoms with E-state index in [1.54, 1.807) is 24.1 Å². The molecule has 8 heteroatoms. The quantitative estimate of drug-likeness (QED) is 0.440. The molecule has 5 nitrogen and oxygen atoms in total. The lowest BCUT2D eigenvalue weighted by Gasteiger charge is -2.16. The molecule has 0 bridgehead atoms. The number of benzene rings is 2. The Hall–Kier alpha value is -2.35. The van der Waals surface area contributed by atoms with Gasteiger partial charge in [-0.15, -0.1) is 11.3 Å². The highest BCUT2D eigenvalue weighted by Crippen LogP contribution is 2.29. The van der Waals surface area contributed by atoms with Crippen molar-refractivity contribution in [1.29, 1.82) is 0 Å². The van der Waals surface area contributed by atoms with Crippen LogP contribution in [0.25, 0.3) is 10.4 Å². The first-order valence-corrected chi connectivity index (χ1v) is 12.4. The smallest absolute Gasteiger partial charge is 0.263 e. The van der Waals surface area contributed by atoms with Crippen molar-refractivity contribution in [3.05, 3.63) is 70.6 Å². The summed E-state index contributed by atoms with van der Waals surface area (Å²) < 4.78 is 28.9. The first-order valence-electron chi connectivity index (χ1n) is 9.28. The molecular formula is C22H22ClNO4S2. The number of carbonyl (C=O) groups is 1. The normalized spacial score (nSPS) is 11.3. The van der Waals surface area contributed by atoms with Crippen molar-refractivity contribution in [2.24, 2.45) is 0 Å². The molecule has 0 aliphatic rings. The molecule has 0 atom stereocenters. The molecule has 0 N–H and O–H groups in total. The summed E-state index contributed by atoms with van der Waals surface area (Å²) in [6, 6.07) is 17.7. The Morgan fingerprint density at radius 2 is 1.83 bits per heavy atom. The third kappa shape index (κ3) is 5.84. The minimum atomic E-state index is -3.27. The zero-order chi connectivity index (χ0) is 21.7. The van der Waals surface area contributed by atoms with Gasteiger partial charge in [0, 0.05) is 29.7 Å². The molecule has 158 valence electrons. The molecule has 30 heavy (non-hydrogen) atoms. The Labute approximate surface area is 185 Å². The largest absolute Gasteiger partial charge is 0.493 e. The van der Waals surface area contributed by atoms with Crippen LogP contribution in [0.5, 0.6) is 5.75 Å². The second kappa shape index (κ2) is 9.64. The molecule has 1 amide bonds. The van der Waals surface area contributed by atoms with Crippen LogP contribution in [-0.4, -0.2) is 45.7 Å². The Morgan fingerprint density at radius 3 is 2.53 bits per heavy atom. The first-order chi connectivity index (χ1) is 14.2. The fraction of sp³-hybridized carbons (Fsp3) is 0.227. The van der Waals surface area contributed by atoms with Gasteiger partial charge < -0.3 is 9.64 Å². The summed E-state index contributed by atoms with van der Waals surface area (Å²) in [5.41, 5.74) is 1.02. The molecular weight excluding hydrogens is 442 g/mol. The van der Waals surface area contributed by atoms with Gasteiger partial charge in [-0.05, 0) is 54.4 Å². The van der Waals surface area contributed by atoms with E-state index in [0.717, 1.165) is 16.7 Å². The lowest BCUT2D eigenvalue weighted by atomic mass is 10.2. The summed E-state index contributed by atoms with van der Waals surface area (Å²) in [5, 5.41) is 0.677. The highest BCUT2D eigenvalue weighted by Gasteiger charge is 2.15. The number of amides is 1. The summed E-state index contributed by atoms with van der Waals surface area (Å²) in [6.07, 6.45) is 1.79. The second-order valence-electron chi connectivity index (χ2n) is 6.85. The number of thiophene rings is 1. The number of halogens is 1. The molecule has 0 aliphatic heterocycles. The van der Waals surface area contributed by atoms with Crippen LogP contribution in [0.2, 0.25) is 5.02 Å². The summed E-state index contributed by atoms with van der Waals surface area (Å²) in [7, 11) is -1.51. The number of carbonyl (C=O) groups excluding carboxylic acids is 1. The minimum absolute atomic E-state index is 0.0423. The van der Waals surface area contributed by atoms with Gasteiger partial charge in [-0.25, -0.2) is 8.42 Å². The van der Waals surface area contributed by atoms with E-state index in [1.165, 1.54) is 23.5 Å². The summed E-state index contributed by atoms with van der Waals surface area (Å²) in [4.78, 5) is 16.2. The van der Waals surface area contributed by atoms with Gasteiger partial charge in [-0.3, -0.25) is 4.79 Å². The third-order valence-electron chi connectivity index (χ3n) is 4.43. The fourth-order valence-corrected chi connectivity index (χ4v) is 4.59. The van der Waals surface area contributed by atoms with Gasteiger partial charge in [0.25, 0.3) is 5.91 Å². The van der Waals surface area contributed by atoms with Crippen LogP contribution in [0.15, 0.2) is 65.6 Å². The van der Waals surface area contributed by atoms with E-state index in [1.807, 2.05) is 36.4 Å². The molecule has 0 radical (unpaired) electrons. The molecule has 0 fully saturated rings. The topological polar surface area (TPSA) is 63.7 Å². The fourth-order valence-electron chi connectivity index (χ4n) is 2.80. The zero-order valence-electron chi connectivity index (χ0n) is 16.7. The SMILES string of the molecule is CN(CCCOc1cccc(S(C)(=O)=O)c1)C(=O)c1ccc(-c2ccc(Cl)cc2)s1. The van der Waals surface area contributed by atoms with Crippen LogP contribution in [0.1, 0.15) is 16.1 Å². The molecule has 0 saturated heterocycles. The van der Waals surface area contributed by atoms with Crippen LogP contribution in [0.4, 0.5) is 0 Å². The molecule has 0 aliphatic carbocycles. The average molecular weight is 464 g/mol. The van der Waals surface area contributed by atoms with Crippen LogP contribution < -0.4 is 4.74 Å². The van der Waals surface area contributed by atoms with Gasteiger partial charge in [0.15, 0.2) is 9.84 Å². The number of nitrogens with zero attached hydrogens (tertiary/aromatic N) is 1. The molecule has 0 saturated carbocycles. The maximum atomic E-state index is 12.7. The molecule has 3 rings (SSSR count). The van der Waals surface area contributed by atoms with Crippen molar-refractivity contribution >= 4 is 38.7 Å². The molecule has 2 aromatic carbocycles. The van der Waals surface area contributed by atoms with E-state index in [9.17, 15) is 13.2 Å². The van der Waals surface area contributed by atoms with E-state index in [-0.39, 0.29) is 10.8 Å². The van der Waals surface area contributed by atoms with E-state index in [0.29, 0.717) is 35.2 Å². The van der Waals surface area contributed by atoms with Crippen molar-refractivity contribution in [2.45, 2.75) is 11.3 Å². The lowest BCUT2D eigenvalue weighted by Crippen LogP contribution is -2.28. The second-order valence-corrected chi connectivity index (χ2v) is 10.4. The molecule has 3 aromatic rings. The zero-order valence-corrected chi connectivity index (χ0v) is 19.1. The number of sulfone groups is 1. The van der Waals surface area contributed by atoms with Crippen molar-refractivity contribution in [1.82, 2.24) is 4.90 Å². The number of ether oxygens (including phenoxy) is 1. The maximum absolute atomic E-state index is 12.7. The molecule has 0 spiro atoms. The highest BCUT2D eigenvalue weighted by molar-refractivity contribution is 7.90. The van der Waals surface area contributed by atoms with E-state index >= 15 is 0 Å². The van der Waals surface area contributed by atoms with E-state index in [2.05, 4.69) is 0 Å². The van der Waals surface area contributed by atoms with Gasteiger partial charge in [0.1, 0.15) is 5.75 Å². The van der Waals surface area contributed by atoms with Crippen molar-refractivity contribution in [3.8, 4) is 16.2 Å². The van der Waals surface area contributed by atoms with Gasteiger partial charge >= 0.3 is 0 Å². The summed E-state index contributed by atoms with van der Waals surface area (Å²) >= 11 is 7.37. The van der Waals surface area contributed by atoms with Crippen molar-refractivity contribution in [2.75, 3.05) is 26.5 Å². The monoisotopic (exact) mass is 463 g/mol. The van der Waals surface area contributed by atoms with Gasteiger partial charge in [-0.1, -0.05) is 29.8 Å². The predicted molar refractivity (Wildman–Crippen MR) is 121 cm³/mol. The number of hydrogen-bond acceptors (Lipinski definition) is 5. The molecule has 0 unspecified atom stereocenters. The lowest BCUT2D eigenvalue weighted by molar-refractivity contribution is 0.0792. The summed E-state index contributed by atoms with van der Waals surface area (Å²) in [6.45, 7) is 0.907. The molecule has 1 aromatic heterocycles. The third-order valence-corrected chi connectivity index (χ3v) is 6.92. The summed E-state index contributed by atoms with van der Waals surface area (Å²) in [5.74, 6) is 0.456. The minimum Gasteiger partial charge on any atom is -0.493 e.